The number of sulfonamides is 1. The van der Waals surface area contributed by atoms with Crippen LogP contribution < -0.4 is 10.5 Å². The maximum Gasteiger partial charge on any atom is 0.281 e. The van der Waals surface area contributed by atoms with E-state index in [4.69, 9.17) is 5.73 Å². The Kier molecular flexibility index (Phi) is 3.77. The molecule has 0 saturated carbocycles. The lowest BCUT2D eigenvalue weighted by Gasteiger charge is -2.08. The number of carbonyl (C=O) groups is 1. The fourth-order valence-electron chi connectivity index (χ4n) is 1.55. The molecule has 2 aromatic rings. The van der Waals surface area contributed by atoms with E-state index in [1.807, 2.05) is 0 Å². The minimum absolute atomic E-state index is 0.0959. The van der Waals surface area contributed by atoms with Crippen molar-refractivity contribution in [1.29, 1.82) is 0 Å². The van der Waals surface area contributed by atoms with Crippen LogP contribution in [0.1, 0.15) is 10.4 Å². The fourth-order valence-corrected chi connectivity index (χ4v) is 3.70. The van der Waals surface area contributed by atoms with Crippen molar-refractivity contribution in [3.05, 3.63) is 34.4 Å². The number of nitrogens with one attached hydrogen (secondary N) is 1. The molecule has 0 fully saturated rings. The third-order valence-electron chi connectivity index (χ3n) is 2.39. The smallest absolute Gasteiger partial charge is 0.281 e. The number of amides is 1. The molecule has 1 aromatic carbocycles. The Balaban J connectivity index is 2.39. The van der Waals surface area contributed by atoms with Gasteiger partial charge in [0.2, 0.25) is 10.9 Å². The molecule has 1 heterocycles. The first kappa shape index (κ1) is 14.5. The second-order valence-corrected chi connectivity index (χ2v) is 6.21. The molecule has 0 atom stereocenters. The number of aromatic nitrogens is 3. The van der Waals surface area contributed by atoms with Crippen molar-refractivity contribution in [3.63, 3.8) is 0 Å². The largest absolute Gasteiger partial charge is 0.366 e. The van der Waals surface area contributed by atoms with Gasteiger partial charge in [-0.2, -0.15) is 8.42 Å². The van der Waals surface area contributed by atoms with Gasteiger partial charge in [-0.25, -0.2) is 4.68 Å². The predicted molar refractivity (Wildman–Crippen MR) is 74.5 cm³/mol. The van der Waals surface area contributed by atoms with Crippen LogP contribution in [0.5, 0.6) is 0 Å². The second kappa shape index (κ2) is 5.21. The average molecular weight is 360 g/mol. The summed E-state index contributed by atoms with van der Waals surface area (Å²) in [6.45, 7) is 0. The Bertz CT molecular complexity index is 751. The SMILES string of the molecule is Cn1nnc(Br)c1S(=O)(=O)Nc1cccc(C(N)=O)c1. The number of aryl methyl sites for hydroxylation is 1. The molecule has 1 amide bonds. The van der Waals surface area contributed by atoms with Gasteiger partial charge in [0.05, 0.1) is 0 Å². The van der Waals surface area contributed by atoms with Crippen molar-refractivity contribution < 1.29 is 13.2 Å². The summed E-state index contributed by atoms with van der Waals surface area (Å²) in [7, 11) is -2.43. The molecule has 2 rings (SSSR count). The third kappa shape index (κ3) is 2.80. The molecule has 1 aromatic heterocycles. The lowest BCUT2D eigenvalue weighted by atomic mass is 10.2. The summed E-state index contributed by atoms with van der Waals surface area (Å²) in [5.41, 5.74) is 5.56. The molecular weight excluding hydrogens is 350 g/mol. The van der Waals surface area contributed by atoms with Gasteiger partial charge in [0, 0.05) is 18.3 Å². The van der Waals surface area contributed by atoms with Crippen LogP contribution in [0.3, 0.4) is 0 Å². The van der Waals surface area contributed by atoms with Gasteiger partial charge in [-0.15, -0.1) is 5.10 Å². The molecule has 0 saturated heterocycles. The molecule has 0 aliphatic heterocycles. The van der Waals surface area contributed by atoms with E-state index >= 15 is 0 Å². The van der Waals surface area contributed by atoms with Crippen molar-refractivity contribution in [2.45, 2.75) is 5.03 Å². The van der Waals surface area contributed by atoms with E-state index in [-0.39, 0.29) is 20.9 Å². The highest BCUT2D eigenvalue weighted by molar-refractivity contribution is 9.10. The van der Waals surface area contributed by atoms with Crippen LogP contribution in [0.25, 0.3) is 0 Å². The van der Waals surface area contributed by atoms with Crippen LogP contribution in [0.15, 0.2) is 33.9 Å². The van der Waals surface area contributed by atoms with Crippen LogP contribution in [0, 0.1) is 0 Å². The summed E-state index contributed by atoms with van der Waals surface area (Å²) in [6, 6.07) is 5.86. The van der Waals surface area contributed by atoms with E-state index in [0.717, 1.165) is 4.68 Å². The molecule has 0 radical (unpaired) electrons. The second-order valence-electron chi connectivity index (χ2n) is 3.86. The molecule has 0 aliphatic rings. The molecule has 8 nitrogen and oxygen atoms in total. The molecule has 0 aliphatic carbocycles. The number of rotatable bonds is 4. The minimum atomic E-state index is -3.88. The Hall–Kier alpha value is -1.94. The van der Waals surface area contributed by atoms with E-state index in [2.05, 4.69) is 31.0 Å². The van der Waals surface area contributed by atoms with E-state index in [1.54, 1.807) is 0 Å². The number of halogens is 1. The molecular formula is C10H10BrN5O3S. The van der Waals surface area contributed by atoms with E-state index < -0.39 is 15.9 Å². The Morgan fingerprint density at radius 3 is 2.70 bits per heavy atom. The zero-order chi connectivity index (χ0) is 14.9. The lowest BCUT2D eigenvalue weighted by Crippen LogP contribution is -2.18. The average Bonchev–Trinajstić information content (AvgIpc) is 2.69. The predicted octanol–water partition coefficient (Wildman–Crippen LogP) is 0.477. The van der Waals surface area contributed by atoms with Crippen molar-refractivity contribution >= 4 is 37.5 Å². The van der Waals surface area contributed by atoms with Gasteiger partial charge in [0.25, 0.3) is 10.0 Å². The highest BCUT2D eigenvalue weighted by Gasteiger charge is 2.24. The highest BCUT2D eigenvalue weighted by Crippen LogP contribution is 2.21. The van der Waals surface area contributed by atoms with Gasteiger partial charge in [-0.3, -0.25) is 9.52 Å². The summed E-state index contributed by atoms with van der Waals surface area (Å²) < 4.78 is 28.0. The molecule has 0 unspecified atom stereocenters. The maximum absolute atomic E-state index is 12.2. The van der Waals surface area contributed by atoms with Gasteiger partial charge in [0.1, 0.15) is 0 Å². The molecule has 0 bridgehead atoms. The maximum atomic E-state index is 12.2. The van der Waals surface area contributed by atoms with Gasteiger partial charge >= 0.3 is 0 Å². The number of hydrogen-bond acceptors (Lipinski definition) is 5. The van der Waals surface area contributed by atoms with E-state index in [1.165, 1.54) is 31.3 Å². The number of anilines is 1. The first-order valence-electron chi connectivity index (χ1n) is 5.29. The first-order chi connectivity index (χ1) is 9.31. The van der Waals surface area contributed by atoms with Gasteiger partial charge in [-0.05, 0) is 34.1 Å². The van der Waals surface area contributed by atoms with Crippen LogP contribution in [-0.4, -0.2) is 29.3 Å². The standard InChI is InChI=1S/C10H10BrN5O3S/c1-16-10(8(11)13-15-16)20(18,19)14-7-4-2-3-6(5-7)9(12)17/h2-5,14H,1H3,(H2,12,17). The fraction of sp³-hybridized carbons (Fsp3) is 0.100. The van der Waals surface area contributed by atoms with Crippen LogP contribution in [0.4, 0.5) is 5.69 Å². The van der Waals surface area contributed by atoms with Crippen molar-refractivity contribution in [2.24, 2.45) is 12.8 Å². The van der Waals surface area contributed by atoms with Gasteiger partial charge in [-0.1, -0.05) is 11.3 Å². The highest BCUT2D eigenvalue weighted by atomic mass is 79.9. The van der Waals surface area contributed by atoms with Crippen molar-refractivity contribution in [3.8, 4) is 0 Å². The third-order valence-corrected chi connectivity index (χ3v) is 4.66. The molecule has 20 heavy (non-hydrogen) atoms. The van der Waals surface area contributed by atoms with Crippen LogP contribution in [-0.2, 0) is 17.1 Å². The zero-order valence-corrected chi connectivity index (χ0v) is 12.6. The Morgan fingerprint density at radius 1 is 1.45 bits per heavy atom. The number of hydrogen-bond donors (Lipinski definition) is 2. The van der Waals surface area contributed by atoms with E-state index in [0.29, 0.717) is 0 Å². The normalized spacial score (nSPS) is 11.3. The molecule has 10 heteroatoms. The lowest BCUT2D eigenvalue weighted by molar-refractivity contribution is 0.100. The minimum Gasteiger partial charge on any atom is -0.366 e. The van der Waals surface area contributed by atoms with Gasteiger partial charge in [0.15, 0.2) is 4.60 Å². The van der Waals surface area contributed by atoms with Crippen LogP contribution >= 0.6 is 15.9 Å². The molecule has 106 valence electrons. The summed E-state index contributed by atoms with van der Waals surface area (Å²) in [6.07, 6.45) is 0. The number of benzene rings is 1. The van der Waals surface area contributed by atoms with Gasteiger partial charge < -0.3 is 5.73 Å². The summed E-state index contributed by atoms with van der Waals surface area (Å²) in [5.74, 6) is -0.644. The number of primary amides is 1. The summed E-state index contributed by atoms with van der Waals surface area (Å²) in [5, 5.41) is 7.08. The summed E-state index contributed by atoms with van der Waals surface area (Å²) in [4.78, 5) is 11.1. The topological polar surface area (TPSA) is 120 Å². The Morgan fingerprint density at radius 2 is 2.15 bits per heavy atom. The number of nitrogens with zero attached hydrogens (tertiary/aromatic N) is 3. The number of carbonyl (C=O) groups excluding carboxylic acids is 1. The Labute approximate surface area is 123 Å². The number of nitrogens with two attached hydrogens (primary N) is 1. The molecule has 0 spiro atoms. The first-order valence-corrected chi connectivity index (χ1v) is 7.57. The van der Waals surface area contributed by atoms with Crippen molar-refractivity contribution in [1.82, 2.24) is 15.0 Å². The van der Waals surface area contributed by atoms with Crippen LogP contribution in [0.2, 0.25) is 0 Å². The monoisotopic (exact) mass is 359 g/mol. The van der Waals surface area contributed by atoms with E-state index in [9.17, 15) is 13.2 Å². The van der Waals surface area contributed by atoms with Crippen molar-refractivity contribution in [2.75, 3.05) is 4.72 Å². The summed E-state index contributed by atoms with van der Waals surface area (Å²) >= 11 is 3.02. The molecule has 3 N–H and O–H groups in total. The quantitative estimate of drug-likeness (QED) is 0.822. The zero-order valence-electron chi connectivity index (χ0n) is 10.2.